The molecule has 150 heavy (non-hydrogen) atoms. The number of fused-ring (bicyclic) bond motifs is 35. The zero-order chi connectivity index (χ0) is 128. The van der Waals surface area contributed by atoms with Gasteiger partial charge < -0.3 is 22.1 Å². The molecule has 0 saturated heterocycles. The van der Waals surface area contributed by atoms with Crippen molar-refractivity contribution in [2.45, 2.75) is 130 Å². The van der Waals surface area contributed by atoms with Crippen LogP contribution in [0.1, 0.15) is 193 Å². The predicted octanol–water partition coefficient (Wildman–Crippen LogP) is 31.0. The summed E-state index contributed by atoms with van der Waals surface area (Å²) in [6, 6.07) is 83.7. The highest BCUT2D eigenvalue weighted by atomic mass is 16.3. The molecule has 0 saturated carbocycles. The Hall–Kier alpha value is -17.2. The number of aryl methyl sites for hydroxylation is 10. The molecule has 25 aromatic rings. The molecule has 14 heteroatoms. The molecule has 0 spiro atoms. The molecular weight excluding hydrogens is 1840 g/mol. The number of rotatable bonds is 5. The third kappa shape index (κ3) is 13.6. The quantitative estimate of drug-likeness (QED) is 0.154. The van der Waals surface area contributed by atoms with Crippen molar-refractivity contribution in [1.29, 1.82) is 0 Å². The Morgan fingerprint density at radius 3 is 0.973 bits per heavy atom. The molecule has 5 aliphatic carbocycles. The largest absolute Gasteiger partial charge is 0.455 e. The van der Waals surface area contributed by atoms with E-state index in [1.807, 2.05) is 287 Å². The fourth-order valence-electron chi connectivity index (χ4n) is 23.8. The van der Waals surface area contributed by atoms with E-state index in [1.165, 1.54) is 24.7 Å². The molecule has 0 fully saturated rings. The van der Waals surface area contributed by atoms with Gasteiger partial charge in [-0.25, -0.2) is 22.8 Å². The minimum Gasteiger partial charge on any atom is -0.455 e. The van der Waals surface area contributed by atoms with Crippen LogP contribution < -0.4 is 22.8 Å². The first-order valence-electron chi connectivity index (χ1n) is 64.5. The number of hydrogen-bond donors (Lipinski definition) is 0. The highest BCUT2D eigenvalue weighted by Gasteiger charge is 2.46. The van der Waals surface area contributed by atoms with Crippen LogP contribution in [0, 0.1) is 34.6 Å². The Bertz CT molecular complexity index is 10200. The van der Waals surface area contributed by atoms with Crippen LogP contribution in [0.25, 0.3) is 222 Å². The number of hydrogen-bond acceptors (Lipinski definition) is 9. The lowest BCUT2D eigenvalue weighted by molar-refractivity contribution is -0.660. The molecular formula is C136H116N9O5+5. The van der Waals surface area contributed by atoms with Crippen molar-refractivity contribution >= 4 is 110 Å². The lowest BCUT2D eigenvalue weighted by Gasteiger charge is -2.21. The van der Waals surface area contributed by atoms with Crippen LogP contribution in [-0.4, -0.2) is 19.9 Å². The topological polar surface area (TPSA) is 137 Å². The summed E-state index contributed by atoms with van der Waals surface area (Å²) in [6.07, 6.45) is 18.8. The zero-order valence-electron chi connectivity index (χ0n) is 113. The maximum absolute atomic E-state index is 8.47. The molecule has 0 amide bonds. The molecule has 14 nitrogen and oxygen atoms in total. The number of nitrogens with zero attached hydrogens (tertiary/aromatic N) is 9. The lowest BCUT2D eigenvalue weighted by atomic mass is 9.82. The average molecular weight is 1990 g/mol. The normalized spacial score (nSPS) is 18.1. The summed E-state index contributed by atoms with van der Waals surface area (Å²) in [7, 11) is 9.85. The van der Waals surface area contributed by atoms with Crippen molar-refractivity contribution in [2.24, 2.45) is 35.2 Å². The first-order valence-corrected chi connectivity index (χ1v) is 49.5. The van der Waals surface area contributed by atoms with E-state index in [-0.39, 0.29) is 44.6 Å². The van der Waals surface area contributed by atoms with Crippen molar-refractivity contribution < 1.29 is 86.0 Å². The molecule has 30 rings (SSSR count). The van der Waals surface area contributed by atoms with Gasteiger partial charge in [-0.1, -0.05) is 220 Å². The Morgan fingerprint density at radius 2 is 0.527 bits per heavy atom. The molecule has 0 atom stereocenters. The van der Waals surface area contributed by atoms with Gasteiger partial charge in [-0.2, -0.15) is 0 Å². The fraction of sp³-hybridized carbons (Fsp3) is 0.184. The van der Waals surface area contributed by atoms with E-state index in [1.54, 1.807) is 122 Å². The second kappa shape index (κ2) is 33.9. The summed E-state index contributed by atoms with van der Waals surface area (Å²) in [5.74, 6) is 0. The smallest absolute Gasteiger partial charge is 0.216 e. The average Bonchev–Trinajstić information content (AvgIpc) is 1.51. The Labute approximate surface area is 913 Å². The van der Waals surface area contributed by atoms with Crippen molar-refractivity contribution in [2.75, 3.05) is 0 Å². The Morgan fingerprint density at radius 1 is 0.220 bits per heavy atom. The van der Waals surface area contributed by atoms with Gasteiger partial charge >= 0.3 is 0 Å². The zero-order valence-corrected chi connectivity index (χ0v) is 83.4. The molecule has 0 unspecified atom stereocenters. The van der Waals surface area contributed by atoms with E-state index in [0.29, 0.717) is 123 Å². The number of aromatic nitrogens is 9. The number of benzene rings is 11. The predicted molar refractivity (Wildman–Crippen MR) is 604 cm³/mol. The number of furan rings is 5. The van der Waals surface area contributed by atoms with Crippen molar-refractivity contribution in [1.82, 2.24) is 19.9 Å². The van der Waals surface area contributed by atoms with E-state index < -0.39 is 95.6 Å². The summed E-state index contributed by atoms with van der Waals surface area (Å²) in [4.78, 5) is 17.2. The van der Waals surface area contributed by atoms with E-state index in [0.717, 1.165) is 138 Å². The SMILES string of the molecule is [2H]C([2H])([2H])C1(C([2H])([2H])[2H])c2ccc3c(oc4c(-c5cccc[n+]5C)c(C)ccc43)c2-c2cccnc21.[2H]C([2H])([2H])C1(C([2H])([2H])[2H])c2ccccc2-c2c1ccc1oc3c(-c4cccc[n+]4C)c(C)ccc3c21.[2H]C([2H])([2H])C1(C([2H])([2H])[2H])c2cccnc2-c2c1ccc1c2oc2c(-c3cccc[n+]3C)c(C)ccc21.[2H]C([2H])([2H])C1(C([2H])([2H])[2H])c2ccncc2-c2c1ccc1c2oc2c(-c3cccc[n+]3C)c(C)ccc21.[2H]C([2H])([2H])C1(C([2H])([2H])[2H])c2cnccc2-c2c1ccc1c2oc2c(-c3cccc[n+]3C)c(C)ccc21. The first kappa shape index (κ1) is 65.4. The molecule has 14 aromatic heterocycles. The Kier molecular flexibility index (Phi) is 14.8. The van der Waals surface area contributed by atoms with E-state index in [2.05, 4.69) is 19.9 Å². The van der Waals surface area contributed by atoms with Gasteiger partial charge in [0.05, 0.1) is 39.2 Å². The minimum absolute atomic E-state index is 0.0406. The molecule has 5 aliphatic rings. The van der Waals surface area contributed by atoms with E-state index in [9.17, 15) is 0 Å². The summed E-state index contributed by atoms with van der Waals surface area (Å²) < 4.78 is 296. The highest BCUT2D eigenvalue weighted by Crippen LogP contribution is 2.60. The maximum Gasteiger partial charge on any atom is 0.216 e. The van der Waals surface area contributed by atoms with Gasteiger partial charge in [0, 0.05) is 253 Å². The van der Waals surface area contributed by atoms with Gasteiger partial charge in [-0.3, -0.25) is 19.9 Å². The molecule has 0 aliphatic heterocycles. The van der Waals surface area contributed by atoms with Crippen LogP contribution in [-0.2, 0) is 62.3 Å². The summed E-state index contributed by atoms with van der Waals surface area (Å²) in [5.41, 5.74) is 16.6. The van der Waals surface area contributed by atoms with Gasteiger partial charge in [0.2, 0.25) is 28.5 Å². The standard InChI is InChI=1S/C28H24NO.4C27H23N2O/c1-17-12-13-19-26-23(30-27(19)24(17)22-11-7-8-16-29(22)4)15-14-21-25(26)18-9-5-6-10-20(18)28(21,2)3;1-16-10-11-17-18-12-13-19-23(24-20(27(19,2)3)8-7-14-28-24)26(18)30-25(17)22(16)21-9-5-6-15-29(21)4;1-16-10-11-17-18-12-13-20-23(19-8-7-14-28-26(19)27(20,2)3)25(18)30-24(17)22(16)21-9-5-6-15-29(21)4;1-16-8-9-17-18-10-11-21-24(19-15-28-13-12-20(19)27(21,2)3)26(18)30-25(17)23(16)22-7-5-6-14-29(22)4;1-16-8-9-17-18-10-11-20-24(19-12-13-28-15-21(19)27(20,2)3)26(18)30-25(17)23(16)22-7-5-6-14-29(22)4/h5-16H,1-4H3;4*5-15H,1-4H3/q5*+1/i5*2D3,3D3. The van der Waals surface area contributed by atoms with Crippen LogP contribution >= 0.6 is 0 Å². The second-order valence-electron chi connectivity index (χ2n) is 39.9. The van der Waals surface area contributed by atoms with Gasteiger partial charge in [0.1, 0.15) is 91.1 Å². The third-order valence-electron chi connectivity index (χ3n) is 31.1. The lowest BCUT2D eigenvalue weighted by Crippen LogP contribution is -2.30. The monoisotopic (exact) mass is 1990 g/mol. The van der Waals surface area contributed by atoms with Crippen LogP contribution in [0.3, 0.4) is 0 Å². The second-order valence-corrected chi connectivity index (χ2v) is 39.9. The van der Waals surface area contributed by atoms with E-state index in [4.69, 9.17) is 63.2 Å². The molecule has 730 valence electrons. The first-order chi connectivity index (χ1) is 84.9. The molecule has 0 N–H and O–H groups in total. The Balaban J connectivity index is 0.000000108. The van der Waals surface area contributed by atoms with Crippen molar-refractivity contribution in [3.05, 3.63) is 425 Å². The van der Waals surface area contributed by atoms with Crippen LogP contribution in [0.15, 0.2) is 363 Å². The minimum atomic E-state index is -2.87. The highest BCUT2D eigenvalue weighted by molar-refractivity contribution is 6.21. The summed E-state index contributed by atoms with van der Waals surface area (Å²) in [5, 5.41) is 8.26. The van der Waals surface area contributed by atoms with Crippen LogP contribution in [0.4, 0.5) is 0 Å². The van der Waals surface area contributed by atoms with Crippen LogP contribution in [0.2, 0.25) is 0 Å². The van der Waals surface area contributed by atoms with E-state index >= 15 is 0 Å². The molecule has 0 bridgehead atoms. The summed E-state index contributed by atoms with van der Waals surface area (Å²) in [6.45, 7) is -18.3. The molecule has 14 heterocycles. The molecule has 0 radical (unpaired) electrons. The van der Waals surface area contributed by atoms with Crippen molar-refractivity contribution in [3.63, 3.8) is 0 Å². The van der Waals surface area contributed by atoms with Crippen LogP contribution in [0.5, 0.6) is 0 Å². The van der Waals surface area contributed by atoms with Crippen molar-refractivity contribution in [3.8, 4) is 112 Å². The summed E-state index contributed by atoms with van der Waals surface area (Å²) >= 11 is 0. The number of pyridine rings is 9. The fourth-order valence-corrected chi connectivity index (χ4v) is 23.8. The van der Waals surface area contributed by atoms with Gasteiger partial charge in [-0.05, 0) is 190 Å². The maximum atomic E-state index is 8.47. The third-order valence-corrected chi connectivity index (χ3v) is 31.1. The molecule has 11 aromatic carbocycles. The van der Waals surface area contributed by atoms with Gasteiger partial charge in [-0.15, -0.1) is 0 Å². The van der Waals surface area contributed by atoms with Gasteiger partial charge in [0.15, 0.2) is 31.0 Å². The van der Waals surface area contributed by atoms with Gasteiger partial charge in [0.25, 0.3) is 0 Å².